The highest BCUT2D eigenvalue weighted by molar-refractivity contribution is 5.94. The third-order valence-electron chi connectivity index (χ3n) is 4.17. The summed E-state index contributed by atoms with van der Waals surface area (Å²) in [4.78, 5) is 23.1. The van der Waals surface area contributed by atoms with Crippen molar-refractivity contribution < 1.29 is 14.3 Å². The molecule has 21 heavy (non-hydrogen) atoms. The maximum Gasteiger partial charge on any atom is 0.317 e. The molecule has 1 aliphatic rings. The largest absolute Gasteiger partial charge is 0.393 e. The second-order valence-electron chi connectivity index (χ2n) is 6.04. The lowest BCUT2D eigenvalue weighted by molar-refractivity contribution is -0.153. The van der Waals surface area contributed by atoms with Gasteiger partial charge in [0.1, 0.15) is 0 Å². The van der Waals surface area contributed by atoms with Crippen LogP contribution in [0.1, 0.15) is 78.1 Å². The first-order chi connectivity index (χ1) is 10.2. The number of esters is 2. The quantitative estimate of drug-likeness (QED) is 0.238. The average Bonchev–Trinajstić information content (AvgIpc) is 2.80. The molecule has 0 radical (unpaired) electrons. The maximum absolute atomic E-state index is 11.8. The molecule has 1 saturated heterocycles. The Morgan fingerprint density at radius 2 is 1.81 bits per heavy atom. The van der Waals surface area contributed by atoms with E-state index >= 15 is 0 Å². The van der Waals surface area contributed by atoms with Crippen molar-refractivity contribution >= 4 is 11.9 Å². The van der Waals surface area contributed by atoms with Gasteiger partial charge in [-0.25, -0.2) is 0 Å². The SMILES string of the molecule is CCCCC/C=C/C(CCCCCC)C1CC(=O)OC1=O. The fraction of sp³-hybridized carbons (Fsp3) is 0.778. The molecular weight excluding hydrogens is 264 g/mol. The van der Waals surface area contributed by atoms with Crippen LogP contribution in [0.25, 0.3) is 0 Å². The van der Waals surface area contributed by atoms with E-state index in [0.29, 0.717) is 0 Å². The van der Waals surface area contributed by atoms with Gasteiger partial charge in [0, 0.05) is 0 Å². The Bertz CT molecular complexity index is 346. The first-order valence-corrected chi connectivity index (χ1v) is 8.60. The fourth-order valence-electron chi connectivity index (χ4n) is 2.84. The lowest BCUT2D eigenvalue weighted by Crippen LogP contribution is -2.18. The number of unbranched alkanes of at least 4 members (excludes halogenated alkanes) is 6. The Hall–Kier alpha value is -1.12. The highest BCUT2D eigenvalue weighted by Gasteiger charge is 2.37. The molecule has 0 N–H and O–H groups in total. The zero-order valence-electron chi connectivity index (χ0n) is 13.6. The summed E-state index contributed by atoms with van der Waals surface area (Å²) in [5, 5.41) is 0. The summed E-state index contributed by atoms with van der Waals surface area (Å²) in [7, 11) is 0. The van der Waals surface area contributed by atoms with Crippen LogP contribution in [0.2, 0.25) is 0 Å². The van der Waals surface area contributed by atoms with Gasteiger partial charge in [0.2, 0.25) is 0 Å². The van der Waals surface area contributed by atoms with E-state index < -0.39 is 0 Å². The molecule has 0 spiro atoms. The second kappa shape index (κ2) is 10.6. The van der Waals surface area contributed by atoms with Crippen LogP contribution < -0.4 is 0 Å². The zero-order valence-corrected chi connectivity index (χ0v) is 13.6. The molecule has 0 bridgehead atoms. The molecule has 3 heteroatoms. The van der Waals surface area contributed by atoms with Crippen molar-refractivity contribution in [1.82, 2.24) is 0 Å². The van der Waals surface area contributed by atoms with Gasteiger partial charge in [-0.1, -0.05) is 64.5 Å². The normalized spacial score (nSPS) is 20.2. The van der Waals surface area contributed by atoms with E-state index in [2.05, 4.69) is 26.0 Å². The number of carbonyl (C=O) groups excluding carboxylic acids is 2. The van der Waals surface area contributed by atoms with Gasteiger partial charge in [0.15, 0.2) is 0 Å². The maximum atomic E-state index is 11.8. The topological polar surface area (TPSA) is 43.4 Å². The van der Waals surface area contributed by atoms with E-state index in [-0.39, 0.29) is 30.2 Å². The lowest BCUT2D eigenvalue weighted by atomic mass is 9.86. The van der Waals surface area contributed by atoms with Crippen LogP contribution in [0.15, 0.2) is 12.2 Å². The average molecular weight is 294 g/mol. The van der Waals surface area contributed by atoms with Crippen molar-refractivity contribution in [2.75, 3.05) is 0 Å². The number of hydrogen-bond donors (Lipinski definition) is 0. The molecule has 0 aliphatic carbocycles. The smallest absolute Gasteiger partial charge is 0.317 e. The molecule has 1 aliphatic heterocycles. The van der Waals surface area contributed by atoms with E-state index in [4.69, 9.17) is 4.74 Å². The van der Waals surface area contributed by atoms with Crippen molar-refractivity contribution in [3.8, 4) is 0 Å². The summed E-state index contributed by atoms with van der Waals surface area (Å²) in [5.41, 5.74) is 0. The summed E-state index contributed by atoms with van der Waals surface area (Å²) >= 11 is 0. The highest BCUT2D eigenvalue weighted by atomic mass is 16.6. The van der Waals surface area contributed by atoms with Gasteiger partial charge in [-0.05, 0) is 25.2 Å². The van der Waals surface area contributed by atoms with Crippen LogP contribution in [-0.4, -0.2) is 11.9 Å². The molecule has 0 amide bonds. The third-order valence-corrected chi connectivity index (χ3v) is 4.17. The van der Waals surface area contributed by atoms with E-state index in [9.17, 15) is 9.59 Å². The predicted octanol–water partition coefficient (Wildman–Crippen LogP) is 4.80. The Morgan fingerprint density at radius 3 is 2.43 bits per heavy atom. The zero-order chi connectivity index (χ0) is 15.5. The Labute approximate surface area is 129 Å². The molecular formula is C18H30O3. The molecule has 0 aromatic heterocycles. The number of ether oxygens (including phenoxy) is 1. The Balaban J connectivity index is 2.48. The summed E-state index contributed by atoms with van der Waals surface area (Å²) in [6, 6.07) is 0. The molecule has 0 saturated carbocycles. The molecule has 120 valence electrons. The van der Waals surface area contributed by atoms with Gasteiger partial charge < -0.3 is 4.74 Å². The first kappa shape index (κ1) is 17.9. The van der Waals surface area contributed by atoms with Crippen LogP contribution in [-0.2, 0) is 14.3 Å². The van der Waals surface area contributed by atoms with Crippen LogP contribution in [0.5, 0.6) is 0 Å². The number of allylic oxidation sites excluding steroid dienone is 2. The lowest BCUT2D eigenvalue weighted by Gasteiger charge is -2.16. The van der Waals surface area contributed by atoms with E-state index in [1.54, 1.807) is 0 Å². The van der Waals surface area contributed by atoms with E-state index in [0.717, 1.165) is 19.3 Å². The summed E-state index contributed by atoms with van der Waals surface area (Å²) in [6.45, 7) is 4.39. The Morgan fingerprint density at radius 1 is 1.10 bits per heavy atom. The molecule has 1 rings (SSSR count). The molecule has 2 unspecified atom stereocenters. The minimum Gasteiger partial charge on any atom is -0.393 e. The van der Waals surface area contributed by atoms with Gasteiger partial charge >= 0.3 is 11.9 Å². The third kappa shape index (κ3) is 6.92. The second-order valence-corrected chi connectivity index (χ2v) is 6.04. The van der Waals surface area contributed by atoms with Crippen LogP contribution >= 0.6 is 0 Å². The molecule has 0 aromatic rings. The minimum atomic E-state index is -0.358. The fourth-order valence-corrected chi connectivity index (χ4v) is 2.84. The predicted molar refractivity (Wildman–Crippen MR) is 84.7 cm³/mol. The minimum absolute atomic E-state index is 0.169. The van der Waals surface area contributed by atoms with Gasteiger partial charge in [-0.15, -0.1) is 0 Å². The number of hydrogen-bond acceptors (Lipinski definition) is 3. The Kier molecular flexibility index (Phi) is 9.04. The standard InChI is InChI=1S/C18H30O3/c1-3-5-7-9-11-13-15(12-10-8-6-4-2)16-14-17(19)21-18(16)20/h11,13,15-16H,3-10,12,14H2,1-2H3/b13-11+. The van der Waals surface area contributed by atoms with E-state index in [1.165, 1.54) is 38.5 Å². The molecule has 2 atom stereocenters. The van der Waals surface area contributed by atoms with Gasteiger partial charge in [0.25, 0.3) is 0 Å². The van der Waals surface area contributed by atoms with Crippen molar-refractivity contribution in [2.24, 2.45) is 11.8 Å². The summed E-state index contributed by atoms with van der Waals surface area (Å²) in [6.07, 6.45) is 15.1. The highest BCUT2D eigenvalue weighted by Crippen LogP contribution is 2.30. The van der Waals surface area contributed by atoms with Crippen molar-refractivity contribution in [2.45, 2.75) is 78.1 Å². The van der Waals surface area contributed by atoms with Crippen LogP contribution in [0, 0.1) is 11.8 Å². The first-order valence-electron chi connectivity index (χ1n) is 8.60. The van der Waals surface area contributed by atoms with Crippen molar-refractivity contribution in [3.63, 3.8) is 0 Å². The molecule has 1 fully saturated rings. The number of rotatable bonds is 11. The number of cyclic esters (lactones) is 2. The van der Waals surface area contributed by atoms with Crippen LogP contribution in [0.3, 0.4) is 0 Å². The van der Waals surface area contributed by atoms with Crippen LogP contribution in [0.4, 0.5) is 0 Å². The molecule has 3 nitrogen and oxygen atoms in total. The number of carbonyl (C=O) groups is 2. The molecule has 1 heterocycles. The van der Waals surface area contributed by atoms with Gasteiger partial charge in [0.05, 0.1) is 12.3 Å². The van der Waals surface area contributed by atoms with Crippen molar-refractivity contribution in [1.29, 1.82) is 0 Å². The van der Waals surface area contributed by atoms with Crippen molar-refractivity contribution in [3.05, 3.63) is 12.2 Å². The van der Waals surface area contributed by atoms with E-state index in [1.807, 2.05) is 0 Å². The summed E-state index contributed by atoms with van der Waals surface area (Å²) in [5.74, 6) is -0.759. The molecule has 0 aromatic carbocycles. The van der Waals surface area contributed by atoms with Gasteiger partial charge in [-0.2, -0.15) is 0 Å². The summed E-state index contributed by atoms with van der Waals surface area (Å²) < 4.78 is 4.72. The monoisotopic (exact) mass is 294 g/mol. The van der Waals surface area contributed by atoms with Gasteiger partial charge in [-0.3, -0.25) is 9.59 Å².